The van der Waals surface area contributed by atoms with Gasteiger partial charge < -0.3 is 24.8 Å². The Labute approximate surface area is 191 Å². The Morgan fingerprint density at radius 1 is 0.966 bits per heavy atom. The molecule has 0 atom stereocenters. The van der Waals surface area contributed by atoms with Crippen molar-refractivity contribution >= 4 is 35.6 Å². The zero-order valence-corrected chi connectivity index (χ0v) is 19.8. The number of halogens is 1. The highest BCUT2D eigenvalue weighted by molar-refractivity contribution is 14.0. The number of aryl methyl sites for hydroxylation is 1. The fourth-order valence-corrected chi connectivity index (χ4v) is 2.66. The molecule has 0 fully saturated rings. The maximum atomic E-state index is 5.74. The summed E-state index contributed by atoms with van der Waals surface area (Å²) in [6, 6.07) is 16.1. The number of aliphatic imine (C=N–C) groups is 1. The average Bonchev–Trinajstić information content (AvgIpc) is 2.74. The van der Waals surface area contributed by atoms with E-state index in [1.165, 1.54) is 5.56 Å². The Hall–Kier alpha value is -2.00. The monoisotopic (exact) mass is 513 g/mol. The number of rotatable bonds is 11. The van der Waals surface area contributed by atoms with Gasteiger partial charge in [0.1, 0.15) is 11.5 Å². The molecule has 0 saturated heterocycles. The van der Waals surface area contributed by atoms with Crippen LogP contribution < -0.4 is 20.1 Å². The molecule has 0 saturated carbocycles. The minimum atomic E-state index is 0. The second-order valence-corrected chi connectivity index (χ2v) is 6.30. The molecule has 0 spiro atoms. The van der Waals surface area contributed by atoms with E-state index in [4.69, 9.17) is 14.2 Å². The molecule has 160 valence electrons. The van der Waals surface area contributed by atoms with Crippen LogP contribution in [0.1, 0.15) is 18.4 Å². The lowest BCUT2D eigenvalue weighted by Crippen LogP contribution is -2.31. The molecule has 2 aromatic carbocycles. The number of hydrogen-bond acceptors (Lipinski definition) is 4. The Morgan fingerprint density at radius 3 is 2.45 bits per heavy atom. The van der Waals surface area contributed by atoms with Crippen LogP contribution in [0.5, 0.6) is 11.5 Å². The van der Waals surface area contributed by atoms with Gasteiger partial charge in [0.05, 0.1) is 13.7 Å². The fraction of sp³-hybridized carbons (Fsp3) is 0.409. The first kappa shape index (κ1) is 25.0. The molecular weight excluding hydrogens is 481 g/mol. The van der Waals surface area contributed by atoms with Crippen LogP contribution in [0.4, 0.5) is 5.69 Å². The molecule has 29 heavy (non-hydrogen) atoms. The largest absolute Gasteiger partial charge is 0.497 e. The zero-order valence-electron chi connectivity index (χ0n) is 17.4. The first-order valence-corrected chi connectivity index (χ1v) is 9.57. The van der Waals surface area contributed by atoms with Crippen molar-refractivity contribution < 1.29 is 14.2 Å². The molecule has 0 unspecified atom stereocenters. The molecule has 0 aliphatic rings. The molecule has 0 radical (unpaired) electrons. The molecule has 2 aromatic rings. The molecule has 2 N–H and O–H groups in total. The van der Waals surface area contributed by atoms with Crippen molar-refractivity contribution in [3.63, 3.8) is 0 Å². The van der Waals surface area contributed by atoms with Gasteiger partial charge in [0.2, 0.25) is 0 Å². The predicted molar refractivity (Wildman–Crippen MR) is 130 cm³/mol. The molecule has 6 nitrogen and oxygen atoms in total. The van der Waals surface area contributed by atoms with E-state index in [9.17, 15) is 0 Å². The number of nitrogens with zero attached hydrogens (tertiary/aromatic N) is 1. The summed E-state index contributed by atoms with van der Waals surface area (Å²) in [5, 5.41) is 6.65. The number of benzene rings is 2. The van der Waals surface area contributed by atoms with Gasteiger partial charge in [0.15, 0.2) is 5.96 Å². The SMILES string of the molecule is CN=C(NCCCc1ccc(OC)cc1)Nc1cccc(OCCCOC)c1.I. The second-order valence-electron chi connectivity index (χ2n) is 6.30. The summed E-state index contributed by atoms with van der Waals surface area (Å²) in [7, 11) is 5.14. The van der Waals surface area contributed by atoms with Crippen LogP contribution in [0.3, 0.4) is 0 Å². The van der Waals surface area contributed by atoms with Gasteiger partial charge in [-0.2, -0.15) is 0 Å². The van der Waals surface area contributed by atoms with Crippen LogP contribution in [0, 0.1) is 0 Å². The van der Waals surface area contributed by atoms with Crippen molar-refractivity contribution in [1.29, 1.82) is 0 Å². The van der Waals surface area contributed by atoms with E-state index < -0.39 is 0 Å². The Balaban J connectivity index is 0.00000420. The highest BCUT2D eigenvalue weighted by atomic mass is 127. The summed E-state index contributed by atoms with van der Waals surface area (Å²) in [6.07, 6.45) is 2.88. The summed E-state index contributed by atoms with van der Waals surface area (Å²) in [5.74, 6) is 2.46. The predicted octanol–water partition coefficient (Wildman–Crippen LogP) is 4.35. The Morgan fingerprint density at radius 2 is 1.76 bits per heavy atom. The quantitative estimate of drug-likeness (QED) is 0.203. The smallest absolute Gasteiger partial charge is 0.195 e. The first-order chi connectivity index (χ1) is 13.7. The third-order valence-corrected chi connectivity index (χ3v) is 4.18. The van der Waals surface area contributed by atoms with E-state index in [1.54, 1.807) is 21.3 Å². The molecule has 0 amide bonds. The van der Waals surface area contributed by atoms with Gasteiger partial charge in [-0.25, -0.2) is 0 Å². The lowest BCUT2D eigenvalue weighted by Gasteiger charge is -2.13. The molecule has 0 heterocycles. The molecule has 0 aliphatic carbocycles. The topological polar surface area (TPSA) is 64.1 Å². The minimum absolute atomic E-state index is 0. The van der Waals surface area contributed by atoms with Crippen molar-refractivity contribution in [1.82, 2.24) is 5.32 Å². The van der Waals surface area contributed by atoms with Crippen LogP contribution in [0.25, 0.3) is 0 Å². The van der Waals surface area contributed by atoms with Crippen LogP contribution in [-0.2, 0) is 11.2 Å². The maximum Gasteiger partial charge on any atom is 0.195 e. The lowest BCUT2D eigenvalue weighted by atomic mass is 10.1. The normalized spacial score (nSPS) is 10.8. The number of hydrogen-bond donors (Lipinski definition) is 2. The van der Waals surface area contributed by atoms with E-state index >= 15 is 0 Å². The number of nitrogens with one attached hydrogen (secondary N) is 2. The van der Waals surface area contributed by atoms with Gasteiger partial charge >= 0.3 is 0 Å². The summed E-state index contributed by atoms with van der Waals surface area (Å²) < 4.78 is 16.0. The van der Waals surface area contributed by atoms with Gasteiger partial charge in [-0.05, 0) is 42.7 Å². The van der Waals surface area contributed by atoms with Gasteiger partial charge in [0.25, 0.3) is 0 Å². The molecule has 0 aliphatic heterocycles. The number of methoxy groups -OCH3 is 2. The van der Waals surface area contributed by atoms with Gasteiger partial charge in [-0.1, -0.05) is 18.2 Å². The number of anilines is 1. The molecule has 2 rings (SSSR count). The first-order valence-electron chi connectivity index (χ1n) is 9.57. The van der Waals surface area contributed by atoms with Crippen LogP contribution in [0.15, 0.2) is 53.5 Å². The van der Waals surface area contributed by atoms with Crippen LogP contribution in [-0.4, -0.2) is 47.0 Å². The van der Waals surface area contributed by atoms with E-state index in [0.717, 1.165) is 49.0 Å². The standard InChI is InChI=1S/C22H31N3O3.HI/c1-23-22(24-14-5-7-18-10-12-20(27-3)13-11-18)25-19-8-4-9-21(17-19)28-16-6-15-26-2;/h4,8-13,17H,5-7,14-16H2,1-3H3,(H2,23,24,25);1H. The summed E-state index contributed by atoms with van der Waals surface area (Å²) in [4.78, 5) is 4.29. The second kappa shape index (κ2) is 14.9. The fourth-order valence-electron chi connectivity index (χ4n) is 2.66. The van der Waals surface area contributed by atoms with Crippen LogP contribution >= 0.6 is 24.0 Å². The summed E-state index contributed by atoms with van der Waals surface area (Å²) in [6.45, 7) is 2.17. The third-order valence-electron chi connectivity index (χ3n) is 4.18. The molecule has 7 heteroatoms. The zero-order chi connectivity index (χ0) is 20.0. The van der Waals surface area contributed by atoms with Crippen LogP contribution in [0.2, 0.25) is 0 Å². The highest BCUT2D eigenvalue weighted by Gasteiger charge is 2.02. The van der Waals surface area contributed by atoms with Crippen molar-refractivity contribution in [3.8, 4) is 11.5 Å². The highest BCUT2D eigenvalue weighted by Crippen LogP contribution is 2.17. The number of guanidine groups is 1. The van der Waals surface area contributed by atoms with Crippen molar-refractivity contribution in [2.24, 2.45) is 4.99 Å². The summed E-state index contributed by atoms with van der Waals surface area (Å²) in [5.41, 5.74) is 2.23. The van der Waals surface area contributed by atoms with E-state index in [0.29, 0.717) is 13.2 Å². The Bertz CT molecular complexity index is 723. The van der Waals surface area contributed by atoms with Gasteiger partial charge in [-0.15, -0.1) is 24.0 Å². The maximum absolute atomic E-state index is 5.74. The molecule has 0 aromatic heterocycles. The van der Waals surface area contributed by atoms with Crippen molar-refractivity contribution in [2.75, 3.05) is 46.3 Å². The van der Waals surface area contributed by atoms with E-state index in [-0.39, 0.29) is 24.0 Å². The third kappa shape index (κ3) is 9.85. The molecular formula is C22H32IN3O3. The van der Waals surface area contributed by atoms with E-state index in [1.807, 2.05) is 36.4 Å². The van der Waals surface area contributed by atoms with Gasteiger partial charge in [0, 0.05) is 45.5 Å². The summed E-state index contributed by atoms with van der Waals surface area (Å²) >= 11 is 0. The average molecular weight is 513 g/mol. The van der Waals surface area contributed by atoms with E-state index in [2.05, 4.69) is 27.8 Å². The lowest BCUT2D eigenvalue weighted by molar-refractivity contribution is 0.172. The Kier molecular flexibility index (Phi) is 12.9. The molecule has 0 bridgehead atoms. The van der Waals surface area contributed by atoms with Gasteiger partial charge in [-0.3, -0.25) is 4.99 Å². The van der Waals surface area contributed by atoms with Crippen molar-refractivity contribution in [2.45, 2.75) is 19.3 Å². The number of ether oxygens (including phenoxy) is 3. The minimum Gasteiger partial charge on any atom is -0.497 e. The van der Waals surface area contributed by atoms with Crippen molar-refractivity contribution in [3.05, 3.63) is 54.1 Å².